The molecule has 1 unspecified atom stereocenters. The number of carbonyl (C=O) groups is 2. The summed E-state index contributed by atoms with van der Waals surface area (Å²) in [5.74, 6) is -0.454. The minimum Gasteiger partial charge on any atom is -0.403 e. The molecule has 0 radical (unpaired) electrons. The van der Waals surface area contributed by atoms with E-state index in [1.54, 1.807) is 24.3 Å². The van der Waals surface area contributed by atoms with Crippen molar-refractivity contribution in [1.82, 2.24) is 4.90 Å². The highest BCUT2D eigenvalue weighted by atomic mass is 28.4. The van der Waals surface area contributed by atoms with E-state index in [-0.39, 0.29) is 16.9 Å². The molecule has 4 nitrogen and oxygen atoms in total. The minimum atomic E-state index is -1.98. The molecule has 0 N–H and O–H groups in total. The number of hydrogen-bond acceptors (Lipinski definition) is 3. The number of rotatable bonds is 3. The summed E-state index contributed by atoms with van der Waals surface area (Å²) in [6.45, 7) is 11.0. The summed E-state index contributed by atoms with van der Waals surface area (Å²) in [7, 11) is -1.98. The Morgan fingerprint density at radius 3 is 2.29 bits per heavy atom. The number of amides is 2. The molecule has 5 heteroatoms. The van der Waals surface area contributed by atoms with Crippen molar-refractivity contribution in [3.63, 3.8) is 0 Å². The van der Waals surface area contributed by atoms with Crippen LogP contribution in [-0.4, -0.2) is 37.7 Å². The number of nitrogens with zero attached hydrogens (tertiary/aromatic N) is 1. The van der Waals surface area contributed by atoms with Gasteiger partial charge in [0.25, 0.3) is 11.8 Å². The Morgan fingerprint density at radius 1 is 1.24 bits per heavy atom. The van der Waals surface area contributed by atoms with Crippen molar-refractivity contribution in [1.29, 1.82) is 0 Å². The van der Waals surface area contributed by atoms with Gasteiger partial charge in [-0.05, 0) is 30.3 Å². The number of β-lactam (4-membered cyclic amide) rings is 1. The van der Waals surface area contributed by atoms with Crippen molar-refractivity contribution in [3.8, 4) is 0 Å². The molecule has 1 saturated heterocycles. The Labute approximate surface area is 127 Å². The van der Waals surface area contributed by atoms with Crippen molar-refractivity contribution < 1.29 is 14.0 Å². The van der Waals surface area contributed by atoms with Gasteiger partial charge in [-0.3, -0.25) is 14.5 Å². The van der Waals surface area contributed by atoms with Crippen LogP contribution >= 0.6 is 0 Å². The van der Waals surface area contributed by atoms with Gasteiger partial charge < -0.3 is 4.43 Å². The van der Waals surface area contributed by atoms with E-state index in [9.17, 15) is 9.59 Å². The van der Waals surface area contributed by atoms with Gasteiger partial charge >= 0.3 is 0 Å². The Balaban J connectivity index is 2.00. The summed E-state index contributed by atoms with van der Waals surface area (Å²) in [6, 6.07) is 8.87. The molecule has 1 fully saturated rings. The van der Waals surface area contributed by atoms with Crippen LogP contribution < -0.4 is 0 Å². The Morgan fingerprint density at radius 2 is 1.81 bits per heavy atom. The quantitative estimate of drug-likeness (QED) is 0.490. The Kier molecular flexibility index (Phi) is 4.08. The standard InChI is InChI=1S/C16H23NO3Si/c1-16(2,3)21(4,5)20-13-11-17(15(13)19)14(18)12-9-7-6-8-10-12/h6-10,13H,11H2,1-5H3. The molecule has 1 aliphatic heterocycles. The van der Waals surface area contributed by atoms with Gasteiger partial charge in [-0.2, -0.15) is 0 Å². The van der Waals surface area contributed by atoms with E-state index in [2.05, 4.69) is 33.9 Å². The molecule has 0 bridgehead atoms. The second kappa shape index (κ2) is 5.39. The lowest BCUT2D eigenvalue weighted by molar-refractivity contribution is -0.149. The van der Waals surface area contributed by atoms with Crippen molar-refractivity contribution in [2.75, 3.05) is 6.54 Å². The van der Waals surface area contributed by atoms with Gasteiger partial charge in [0.2, 0.25) is 0 Å². The van der Waals surface area contributed by atoms with Gasteiger partial charge in [-0.25, -0.2) is 0 Å². The van der Waals surface area contributed by atoms with Gasteiger partial charge in [-0.1, -0.05) is 39.0 Å². The molecular weight excluding hydrogens is 282 g/mol. The lowest BCUT2D eigenvalue weighted by Gasteiger charge is -2.44. The highest BCUT2D eigenvalue weighted by Gasteiger charge is 2.48. The van der Waals surface area contributed by atoms with Gasteiger partial charge in [0.15, 0.2) is 8.32 Å². The van der Waals surface area contributed by atoms with Crippen LogP contribution in [0.2, 0.25) is 18.1 Å². The molecule has 0 aromatic heterocycles. The number of carbonyl (C=O) groups excluding carboxylic acids is 2. The summed E-state index contributed by atoms with van der Waals surface area (Å²) in [5, 5.41) is 0.0527. The smallest absolute Gasteiger partial charge is 0.260 e. The molecule has 1 aliphatic rings. The van der Waals surface area contributed by atoms with E-state index in [0.29, 0.717) is 12.1 Å². The van der Waals surface area contributed by atoms with Crippen LogP contribution in [0.5, 0.6) is 0 Å². The second-order valence-electron chi connectivity index (χ2n) is 6.99. The van der Waals surface area contributed by atoms with E-state index in [4.69, 9.17) is 4.43 Å². The Hall–Kier alpha value is -1.46. The molecule has 2 rings (SSSR count). The van der Waals surface area contributed by atoms with Crippen LogP contribution in [0.3, 0.4) is 0 Å². The van der Waals surface area contributed by atoms with Crippen molar-refractivity contribution in [3.05, 3.63) is 35.9 Å². The lowest BCUT2D eigenvalue weighted by Crippen LogP contribution is -2.63. The zero-order chi connectivity index (χ0) is 15.8. The summed E-state index contributed by atoms with van der Waals surface area (Å²) < 4.78 is 6.06. The lowest BCUT2D eigenvalue weighted by atomic mass is 10.1. The monoisotopic (exact) mass is 305 g/mol. The third-order valence-electron chi connectivity index (χ3n) is 4.40. The zero-order valence-corrected chi connectivity index (χ0v) is 14.3. The van der Waals surface area contributed by atoms with Crippen molar-refractivity contribution >= 4 is 20.1 Å². The molecule has 1 aromatic carbocycles. The van der Waals surface area contributed by atoms with Crippen LogP contribution in [0, 0.1) is 0 Å². The van der Waals surface area contributed by atoms with Crippen LogP contribution in [0.15, 0.2) is 30.3 Å². The van der Waals surface area contributed by atoms with E-state index in [1.807, 2.05) is 6.07 Å². The molecule has 0 spiro atoms. The third kappa shape index (κ3) is 3.08. The number of benzene rings is 1. The van der Waals surface area contributed by atoms with Gasteiger partial charge in [-0.15, -0.1) is 0 Å². The molecule has 2 amide bonds. The highest BCUT2D eigenvalue weighted by molar-refractivity contribution is 6.74. The summed E-state index contributed by atoms with van der Waals surface area (Å²) >= 11 is 0. The molecule has 1 atom stereocenters. The first-order chi connectivity index (χ1) is 9.63. The maximum absolute atomic E-state index is 12.2. The van der Waals surface area contributed by atoms with Crippen molar-refractivity contribution in [2.45, 2.75) is 45.0 Å². The molecule has 1 heterocycles. The SMILES string of the molecule is CC(C)(C)[Si](C)(C)OC1CN(C(=O)c2ccccc2)C1=O. The summed E-state index contributed by atoms with van der Waals surface area (Å²) in [5.41, 5.74) is 0.539. The minimum absolute atomic E-state index is 0.0527. The van der Waals surface area contributed by atoms with Crippen molar-refractivity contribution in [2.24, 2.45) is 0 Å². The Bertz CT molecular complexity index is 548. The molecule has 21 heavy (non-hydrogen) atoms. The predicted molar refractivity (Wildman–Crippen MR) is 84.6 cm³/mol. The molecule has 1 aromatic rings. The first kappa shape index (κ1) is 15.9. The highest BCUT2D eigenvalue weighted by Crippen LogP contribution is 2.38. The first-order valence-electron chi connectivity index (χ1n) is 7.22. The third-order valence-corrected chi connectivity index (χ3v) is 8.88. The first-order valence-corrected chi connectivity index (χ1v) is 10.1. The van der Waals surface area contributed by atoms with E-state index >= 15 is 0 Å². The van der Waals surface area contributed by atoms with Gasteiger partial charge in [0, 0.05) is 5.56 Å². The fourth-order valence-corrected chi connectivity index (χ4v) is 3.18. The molecule has 0 saturated carbocycles. The van der Waals surface area contributed by atoms with Gasteiger partial charge in [0.1, 0.15) is 6.10 Å². The average molecular weight is 305 g/mol. The molecule has 0 aliphatic carbocycles. The normalized spacial score (nSPS) is 19.4. The van der Waals surface area contributed by atoms with Crippen LogP contribution in [0.1, 0.15) is 31.1 Å². The van der Waals surface area contributed by atoms with E-state index in [0.717, 1.165) is 0 Å². The van der Waals surface area contributed by atoms with Crippen LogP contribution in [0.4, 0.5) is 0 Å². The maximum Gasteiger partial charge on any atom is 0.260 e. The molecule has 114 valence electrons. The van der Waals surface area contributed by atoms with E-state index < -0.39 is 14.4 Å². The molecular formula is C16H23NO3Si. The fraction of sp³-hybridized carbons (Fsp3) is 0.500. The number of hydrogen-bond donors (Lipinski definition) is 0. The van der Waals surface area contributed by atoms with Crippen LogP contribution in [0.25, 0.3) is 0 Å². The average Bonchev–Trinajstić information content (AvgIpc) is 2.41. The van der Waals surface area contributed by atoms with E-state index in [1.165, 1.54) is 4.90 Å². The second-order valence-corrected chi connectivity index (χ2v) is 11.7. The topological polar surface area (TPSA) is 46.6 Å². The maximum atomic E-state index is 12.2. The summed E-state index contributed by atoms with van der Waals surface area (Å²) in [4.78, 5) is 25.7. The fourth-order valence-electron chi connectivity index (χ4n) is 1.93. The van der Waals surface area contributed by atoms with Crippen LogP contribution in [-0.2, 0) is 9.22 Å². The van der Waals surface area contributed by atoms with Gasteiger partial charge in [0.05, 0.1) is 6.54 Å². The summed E-state index contributed by atoms with van der Waals surface area (Å²) in [6.07, 6.45) is -0.460. The number of likely N-dealkylation sites (tertiary alicyclic amines) is 1. The number of imide groups is 1. The predicted octanol–water partition coefficient (Wildman–Crippen LogP) is 3.06. The largest absolute Gasteiger partial charge is 0.403 e. The zero-order valence-electron chi connectivity index (χ0n) is 13.3.